The van der Waals surface area contributed by atoms with Gasteiger partial charge in [-0.1, -0.05) is 39.0 Å². The maximum Gasteiger partial charge on any atom is 0.325 e. The molecule has 1 aliphatic carbocycles. The van der Waals surface area contributed by atoms with Crippen molar-refractivity contribution in [3.8, 4) is 0 Å². The zero-order valence-corrected chi connectivity index (χ0v) is 18.1. The fourth-order valence-electron chi connectivity index (χ4n) is 5.76. The predicted molar refractivity (Wildman–Crippen MR) is 115 cm³/mol. The van der Waals surface area contributed by atoms with E-state index in [1.54, 1.807) is 4.90 Å². The van der Waals surface area contributed by atoms with Crippen LogP contribution in [0.25, 0.3) is 0 Å². The molecule has 1 aromatic rings. The van der Waals surface area contributed by atoms with Gasteiger partial charge in [0.05, 0.1) is 0 Å². The minimum Gasteiger partial charge on any atom is -0.380 e. The zero-order valence-electron chi connectivity index (χ0n) is 18.1. The van der Waals surface area contributed by atoms with Crippen LogP contribution < -0.4 is 10.6 Å². The SMILES string of the molecule is CC1CC(C)(C)CC2(C1)NC(=O)N(CC(=O)N1CCC(Nc3ccccc3)C1)C2=O. The lowest BCUT2D eigenvalue weighted by atomic mass is 9.64. The van der Waals surface area contributed by atoms with E-state index in [0.29, 0.717) is 31.8 Å². The van der Waals surface area contributed by atoms with Gasteiger partial charge < -0.3 is 15.5 Å². The van der Waals surface area contributed by atoms with E-state index in [-0.39, 0.29) is 29.8 Å². The van der Waals surface area contributed by atoms with Crippen LogP contribution in [0, 0.1) is 11.3 Å². The maximum absolute atomic E-state index is 13.2. The molecule has 4 amide bonds. The summed E-state index contributed by atoms with van der Waals surface area (Å²) in [6.45, 7) is 7.43. The molecule has 1 saturated carbocycles. The molecule has 0 radical (unpaired) electrons. The summed E-state index contributed by atoms with van der Waals surface area (Å²) in [5.41, 5.74) is 0.147. The van der Waals surface area contributed by atoms with Gasteiger partial charge in [-0.15, -0.1) is 0 Å². The lowest BCUT2D eigenvalue weighted by Crippen LogP contribution is -2.54. The van der Waals surface area contributed by atoms with E-state index in [4.69, 9.17) is 0 Å². The molecule has 162 valence electrons. The Bertz CT molecular complexity index is 840. The van der Waals surface area contributed by atoms with Gasteiger partial charge in [-0.25, -0.2) is 4.79 Å². The van der Waals surface area contributed by atoms with Crippen LogP contribution in [0.2, 0.25) is 0 Å². The smallest absolute Gasteiger partial charge is 0.325 e. The van der Waals surface area contributed by atoms with Crippen LogP contribution in [0.15, 0.2) is 30.3 Å². The third kappa shape index (κ3) is 4.02. The van der Waals surface area contributed by atoms with Gasteiger partial charge in [-0.3, -0.25) is 14.5 Å². The number of amides is 4. The second kappa shape index (κ2) is 7.60. The van der Waals surface area contributed by atoms with Crippen molar-refractivity contribution in [2.75, 3.05) is 25.0 Å². The number of hydrogen-bond acceptors (Lipinski definition) is 4. The number of para-hydroxylation sites is 1. The number of benzene rings is 1. The summed E-state index contributed by atoms with van der Waals surface area (Å²) in [5.74, 6) is -0.0632. The fraction of sp³-hybridized carbons (Fsp3) is 0.609. The molecule has 3 atom stereocenters. The molecule has 0 aromatic heterocycles. The normalized spacial score (nSPS) is 30.6. The number of likely N-dealkylation sites (tertiary alicyclic amines) is 1. The van der Waals surface area contributed by atoms with Gasteiger partial charge in [-0.2, -0.15) is 0 Å². The lowest BCUT2D eigenvalue weighted by Gasteiger charge is -2.43. The summed E-state index contributed by atoms with van der Waals surface area (Å²) < 4.78 is 0. The topological polar surface area (TPSA) is 81.8 Å². The number of nitrogens with one attached hydrogen (secondary N) is 2. The minimum absolute atomic E-state index is 0.0219. The summed E-state index contributed by atoms with van der Waals surface area (Å²) in [6, 6.07) is 9.66. The highest BCUT2D eigenvalue weighted by Crippen LogP contribution is 2.46. The van der Waals surface area contributed by atoms with Gasteiger partial charge in [0.15, 0.2) is 0 Å². The zero-order chi connectivity index (χ0) is 21.5. The number of carbonyl (C=O) groups is 3. The van der Waals surface area contributed by atoms with Crippen LogP contribution in [0.3, 0.4) is 0 Å². The average molecular weight is 413 g/mol. The molecule has 4 rings (SSSR count). The molecule has 2 aliphatic heterocycles. The van der Waals surface area contributed by atoms with Crippen LogP contribution in [-0.4, -0.2) is 58.9 Å². The van der Waals surface area contributed by atoms with E-state index in [1.807, 2.05) is 30.3 Å². The third-order valence-electron chi connectivity index (χ3n) is 6.60. The number of hydrogen-bond donors (Lipinski definition) is 2. The minimum atomic E-state index is -0.860. The third-order valence-corrected chi connectivity index (χ3v) is 6.60. The molecule has 2 heterocycles. The van der Waals surface area contributed by atoms with Crippen molar-refractivity contribution in [3.63, 3.8) is 0 Å². The Kier molecular flexibility index (Phi) is 5.24. The first-order chi connectivity index (χ1) is 14.2. The first kappa shape index (κ1) is 20.7. The molecule has 3 aliphatic rings. The number of imide groups is 1. The van der Waals surface area contributed by atoms with Gasteiger partial charge in [0.1, 0.15) is 12.1 Å². The Labute approximate surface area is 178 Å². The van der Waals surface area contributed by atoms with Crippen molar-refractivity contribution in [2.24, 2.45) is 11.3 Å². The van der Waals surface area contributed by atoms with Gasteiger partial charge in [0.25, 0.3) is 5.91 Å². The van der Waals surface area contributed by atoms with E-state index in [2.05, 4.69) is 31.4 Å². The first-order valence-electron chi connectivity index (χ1n) is 10.9. The molecule has 2 N–H and O–H groups in total. The van der Waals surface area contributed by atoms with Crippen molar-refractivity contribution < 1.29 is 14.4 Å². The molecule has 2 saturated heterocycles. The molecule has 0 bridgehead atoms. The molecule has 7 nitrogen and oxygen atoms in total. The highest BCUT2D eigenvalue weighted by atomic mass is 16.2. The fourth-order valence-corrected chi connectivity index (χ4v) is 5.76. The Morgan fingerprint density at radius 3 is 2.63 bits per heavy atom. The monoisotopic (exact) mass is 412 g/mol. The van der Waals surface area contributed by atoms with Gasteiger partial charge in [0.2, 0.25) is 5.91 Å². The summed E-state index contributed by atoms with van der Waals surface area (Å²) >= 11 is 0. The van der Waals surface area contributed by atoms with E-state index in [1.165, 1.54) is 0 Å². The average Bonchev–Trinajstić information content (AvgIpc) is 3.20. The predicted octanol–water partition coefficient (Wildman–Crippen LogP) is 2.84. The molecule has 1 aromatic carbocycles. The Morgan fingerprint density at radius 2 is 1.93 bits per heavy atom. The Morgan fingerprint density at radius 1 is 1.20 bits per heavy atom. The van der Waals surface area contributed by atoms with Crippen molar-refractivity contribution in [1.82, 2.24) is 15.1 Å². The van der Waals surface area contributed by atoms with Crippen LogP contribution >= 0.6 is 0 Å². The van der Waals surface area contributed by atoms with Gasteiger partial charge in [-0.05, 0) is 49.1 Å². The Balaban J connectivity index is 1.38. The number of rotatable bonds is 4. The molecule has 3 unspecified atom stereocenters. The highest BCUT2D eigenvalue weighted by molar-refractivity contribution is 6.09. The molecule has 7 heteroatoms. The molecule has 3 fully saturated rings. The van der Waals surface area contributed by atoms with Crippen LogP contribution in [-0.2, 0) is 9.59 Å². The quantitative estimate of drug-likeness (QED) is 0.745. The number of urea groups is 1. The van der Waals surface area contributed by atoms with E-state index in [0.717, 1.165) is 23.4 Å². The van der Waals surface area contributed by atoms with Crippen molar-refractivity contribution in [2.45, 2.75) is 58.0 Å². The first-order valence-corrected chi connectivity index (χ1v) is 10.9. The summed E-state index contributed by atoms with van der Waals surface area (Å²) in [5, 5.41) is 6.39. The highest BCUT2D eigenvalue weighted by Gasteiger charge is 2.56. The second-order valence-electron chi connectivity index (χ2n) is 10.1. The van der Waals surface area contributed by atoms with Crippen molar-refractivity contribution >= 4 is 23.5 Å². The molecular formula is C23H32N4O3. The summed E-state index contributed by atoms with van der Waals surface area (Å²) in [7, 11) is 0. The maximum atomic E-state index is 13.2. The number of nitrogens with zero attached hydrogens (tertiary/aromatic N) is 2. The molecule has 30 heavy (non-hydrogen) atoms. The lowest BCUT2D eigenvalue weighted by molar-refractivity contribution is -0.140. The molecule has 1 spiro atoms. The van der Waals surface area contributed by atoms with Gasteiger partial charge in [0, 0.05) is 24.8 Å². The summed E-state index contributed by atoms with van der Waals surface area (Å²) in [4.78, 5) is 41.6. The van der Waals surface area contributed by atoms with Crippen LogP contribution in [0.1, 0.15) is 46.5 Å². The number of carbonyl (C=O) groups excluding carboxylic acids is 3. The largest absolute Gasteiger partial charge is 0.380 e. The van der Waals surface area contributed by atoms with E-state index < -0.39 is 11.6 Å². The molecular weight excluding hydrogens is 380 g/mol. The van der Waals surface area contributed by atoms with Crippen molar-refractivity contribution in [1.29, 1.82) is 0 Å². The standard InChI is InChI=1S/C23H32N4O3/c1-16-11-22(2,3)15-23(12-16)20(29)27(21(30)25-23)14-19(28)26-10-9-18(13-26)24-17-7-5-4-6-8-17/h4-8,16,18,24H,9-15H2,1-3H3,(H,25,30). The number of anilines is 1. The van der Waals surface area contributed by atoms with Crippen LogP contribution in [0.4, 0.5) is 10.5 Å². The van der Waals surface area contributed by atoms with E-state index >= 15 is 0 Å². The second-order valence-corrected chi connectivity index (χ2v) is 10.1. The summed E-state index contributed by atoms with van der Waals surface area (Å²) in [6.07, 6.45) is 3.13. The van der Waals surface area contributed by atoms with Crippen LogP contribution in [0.5, 0.6) is 0 Å². The van der Waals surface area contributed by atoms with Gasteiger partial charge >= 0.3 is 6.03 Å². The van der Waals surface area contributed by atoms with Crippen molar-refractivity contribution in [3.05, 3.63) is 30.3 Å². The Hall–Kier alpha value is -2.57. The van der Waals surface area contributed by atoms with E-state index in [9.17, 15) is 14.4 Å².